The molecule has 0 bridgehead atoms. The average Bonchev–Trinajstić information content (AvgIpc) is 3.50. The molecule has 1 aromatic carbocycles. The second-order valence-electron chi connectivity index (χ2n) is 13.6. The number of carbonyl (C=O) groups is 3. The van der Waals surface area contributed by atoms with Gasteiger partial charge >= 0.3 is 5.97 Å². The summed E-state index contributed by atoms with van der Waals surface area (Å²) in [6.45, 7) is 4.26. The molecule has 7 rings (SSSR count). The van der Waals surface area contributed by atoms with Gasteiger partial charge in [0.1, 0.15) is 18.2 Å². The van der Waals surface area contributed by atoms with Crippen molar-refractivity contribution < 1.29 is 24.2 Å². The predicted octanol–water partition coefficient (Wildman–Crippen LogP) is 4.57. The first-order valence-electron chi connectivity index (χ1n) is 15.9. The third-order valence-electron chi connectivity index (χ3n) is 10.9. The predicted molar refractivity (Wildman–Crippen MR) is 157 cm³/mol. The number of fused-ring (bicyclic) bond motifs is 2. The fourth-order valence-corrected chi connectivity index (χ4v) is 8.29. The number of aliphatic carboxylic acids is 1. The lowest BCUT2D eigenvalue weighted by atomic mass is 9.66. The standard InChI is InChI=1S/C32H40ClN5O5/c1-31(30(41)42)11-4-2-6-21(31)29(40)37-15-10-20-22(33)8-9-24(43-18-26-35-34-25-7-3-5-14-38(25)26)28(20)23(37)17-36-19-32(12-13-32)16-27(36)39/h8-9,21,23H,2-7,10-19H2,1H3,(H,41,42)/t21-,23+,31-/m0/s1. The number of carboxylic acid groups (broad SMARTS) is 1. The first kappa shape index (κ1) is 28.6. The number of aryl methyl sites for hydroxylation is 1. The smallest absolute Gasteiger partial charge is 0.310 e. The van der Waals surface area contributed by atoms with Crippen molar-refractivity contribution in [2.75, 3.05) is 19.6 Å². The van der Waals surface area contributed by atoms with Crippen LogP contribution in [0.5, 0.6) is 5.75 Å². The van der Waals surface area contributed by atoms with Crippen molar-refractivity contribution in [2.45, 2.75) is 96.7 Å². The van der Waals surface area contributed by atoms with Gasteiger partial charge in [-0.2, -0.15) is 0 Å². The van der Waals surface area contributed by atoms with Crippen molar-refractivity contribution >= 4 is 29.4 Å². The fraction of sp³-hybridized carbons (Fsp3) is 0.656. The molecule has 10 nitrogen and oxygen atoms in total. The number of carbonyl (C=O) groups excluding carboxylic acids is 2. The number of benzene rings is 1. The van der Waals surface area contributed by atoms with Crippen molar-refractivity contribution in [3.05, 3.63) is 39.9 Å². The second kappa shape index (κ2) is 10.8. The summed E-state index contributed by atoms with van der Waals surface area (Å²) < 4.78 is 8.61. The van der Waals surface area contributed by atoms with E-state index in [2.05, 4.69) is 14.8 Å². The molecule has 43 heavy (non-hydrogen) atoms. The maximum absolute atomic E-state index is 14.5. The Balaban J connectivity index is 1.25. The van der Waals surface area contributed by atoms with Gasteiger partial charge < -0.3 is 24.2 Å². The SMILES string of the molecule is C[C@]1(C(=O)O)CCCC[C@H]1C(=O)N1CCc2c(Cl)ccc(OCc3nnc4n3CCCC4)c2[C@H]1CN1CC2(CC2)CC1=O. The van der Waals surface area contributed by atoms with Gasteiger partial charge in [-0.1, -0.05) is 24.4 Å². The zero-order valence-electron chi connectivity index (χ0n) is 24.8. The number of amides is 2. The van der Waals surface area contributed by atoms with E-state index < -0.39 is 23.3 Å². The topological polar surface area (TPSA) is 118 Å². The summed E-state index contributed by atoms with van der Waals surface area (Å²) in [6.07, 6.45) is 8.92. The van der Waals surface area contributed by atoms with Crippen LogP contribution >= 0.6 is 11.6 Å². The Kier molecular flexibility index (Phi) is 7.18. The number of rotatable bonds is 7. The van der Waals surface area contributed by atoms with E-state index in [0.717, 1.165) is 74.3 Å². The lowest BCUT2D eigenvalue weighted by Crippen LogP contribution is -2.52. The highest BCUT2D eigenvalue weighted by Crippen LogP contribution is 2.54. The number of halogens is 1. The molecule has 3 aliphatic heterocycles. The summed E-state index contributed by atoms with van der Waals surface area (Å²) in [5.74, 6) is 0.783. The summed E-state index contributed by atoms with van der Waals surface area (Å²) in [6, 6.07) is 3.20. The Bertz CT molecular complexity index is 1470. The first-order valence-corrected chi connectivity index (χ1v) is 16.2. The van der Waals surface area contributed by atoms with Crippen LogP contribution in [0, 0.1) is 16.7 Å². The third-order valence-corrected chi connectivity index (χ3v) is 11.3. The molecule has 0 unspecified atom stereocenters. The molecule has 1 spiro atoms. The molecule has 2 amide bonds. The minimum atomic E-state index is -1.12. The van der Waals surface area contributed by atoms with E-state index in [1.807, 2.05) is 21.9 Å². The number of ether oxygens (including phenoxy) is 1. The summed E-state index contributed by atoms with van der Waals surface area (Å²) >= 11 is 6.79. The van der Waals surface area contributed by atoms with Gasteiger partial charge in [-0.15, -0.1) is 10.2 Å². The summed E-state index contributed by atoms with van der Waals surface area (Å²) in [5.41, 5.74) is 0.703. The molecule has 1 aromatic heterocycles. The van der Waals surface area contributed by atoms with Crippen LogP contribution in [0.2, 0.25) is 5.02 Å². The molecule has 2 aliphatic carbocycles. The molecule has 3 fully saturated rings. The van der Waals surface area contributed by atoms with Crippen molar-refractivity contribution in [1.82, 2.24) is 24.6 Å². The van der Waals surface area contributed by atoms with Crippen LogP contribution in [0.15, 0.2) is 12.1 Å². The van der Waals surface area contributed by atoms with Gasteiger partial charge in [0.2, 0.25) is 11.8 Å². The van der Waals surface area contributed by atoms with Crippen molar-refractivity contribution in [3.8, 4) is 5.75 Å². The first-order chi connectivity index (χ1) is 20.7. The lowest BCUT2D eigenvalue weighted by Gasteiger charge is -2.45. The van der Waals surface area contributed by atoms with Crippen LogP contribution in [0.3, 0.4) is 0 Å². The van der Waals surface area contributed by atoms with E-state index in [4.69, 9.17) is 16.3 Å². The van der Waals surface area contributed by atoms with E-state index >= 15 is 0 Å². The molecule has 5 aliphatic rings. The number of likely N-dealkylation sites (tertiary alicyclic amines) is 1. The van der Waals surface area contributed by atoms with Gasteiger partial charge in [0.15, 0.2) is 5.82 Å². The summed E-state index contributed by atoms with van der Waals surface area (Å²) in [7, 11) is 0. The maximum atomic E-state index is 14.5. The van der Waals surface area contributed by atoms with E-state index in [1.165, 1.54) is 0 Å². The van der Waals surface area contributed by atoms with Crippen LogP contribution in [0.1, 0.15) is 93.5 Å². The fourth-order valence-electron chi connectivity index (χ4n) is 8.03. The summed E-state index contributed by atoms with van der Waals surface area (Å²) in [5, 5.41) is 19.6. The molecule has 0 radical (unpaired) electrons. The Morgan fingerprint density at radius 3 is 2.70 bits per heavy atom. The van der Waals surface area contributed by atoms with Gasteiger partial charge in [-0.3, -0.25) is 14.4 Å². The van der Waals surface area contributed by atoms with Crippen LogP contribution in [0.25, 0.3) is 0 Å². The number of aromatic nitrogens is 3. The highest BCUT2D eigenvalue weighted by atomic mass is 35.5. The van der Waals surface area contributed by atoms with Gasteiger partial charge in [-0.25, -0.2) is 0 Å². The van der Waals surface area contributed by atoms with Crippen molar-refractivity contribution in [1.29, 1.82) is 0 Å². The largest absolute Gasteiger partial charge is 0.485 e. The van der Waals surface area contributed by atoms with Gasteiger partial charge in [0, 0.05) is 49.6 Å². The number of hydrogen-bond acceptors (Lipinski definition) is 6. The molecule has 230 valence electrons. The van der Waals surface area contributed by atoms with Crippen LogP contribution in [0.4, 0.5) is 0 Å². The zero-order valence-corrected chi connectivity index (χ0v) is 25.6. The minimum absolute atomic E-state index is 0.0785. The van der Waals surface area contributed by atoms with E-state index in [9.17, 15) is 19.5 Å². The number of nitrogens with zero attached hydrogens (tertiary/aromatic N) is 5. The second-order valence-corrected chi connectivity index (χ2v) is 14.0. The van der Waals surface area contributed by atoms with E-state index in [0.29, 0.717) is 56.1 Å². The molecule has 1 N–H and O–H groups in total. The van der Waals surface area contributed by atoms with Gasteiger partial charge in [0.25, 0.3) is 0 Å². The lowest BCUT2D eigenvalue weighted by molar-refractivity contribution is -0.162. The molecule has 4 heterocycles. The van der Waals surface area contributed by atoms with E-state index in [-0.39, 0.29) is 23.8 Å². The van der Waals surface area contributed by atoms with Crippen LogP contribution in [-0.4, -0.2) is 67.1 Å². The highest BCUT2D eigenvalue weighted by Gasteiger charge is 2.54. The zero-order chi connectivity index (χ0) is 29.9. The molecule has 2 aromatic rings. The highest BCUT2D eigenvalue weighted by molar-refractivity contribution is 6.31. The maximum Gasteiger partial charge on any atom is 0.310 e. The van der Waals surface area contributed by atoms with Gasteiger partial charge in [0.05, 0.1) is 17.4 Å². The van der Waals surface area contributed by atoms with Crippen molar-refractivity contribution in [2.24, 2.45) is 16.7 Å². The molecule has 1 saturated heterocycles. The Labute approximate surface area is 256 Å². The average molecular weight is 610 g/mol. The minimum Gasteiger partial charge on any atom is -0.485 e. The van der Waals surface area contributed by atoms with E-state index in [1.54, 1.807) is 6.92 Å². The number of carboxylic acids is 1. The molecule has 3 atom stereocenters. The monoisotopic (exact) mass is 609 g/mol. The Morgan fingerprint density at radius 1 is 1.09 bits per heavy atom. The summed E-state index contributed by atoms with van der Waals surface area (Å²) in [4.78, 5) is 43.9. The normalized spacial score (nSPS) is 27.6. The quantitative estimate of drug-likeness (QED) is 0.489. The molecule has 2 saturated carbocycles. The van der Waals surface area contributed by atoms with Crippen LogP contribution in [-0.2, 0) is 40.4 Å². The Morgan fingerprint density at radius 2 is 1.93 bits per heavy atom. The molecule has 11 heteroatoms. The molecular formula is C32H40ClN5O5. The van der Waals surface area contributed by atoms with Gasteiger partial charge in [-0.05, 0) is 75.0 Å². The van der Waals surface area contributed by atoms with Crippen LogP contribution < -0.4 is 4.74 Å². The van der Waals surface area contributed by atoms with Crippen molar-refractivity contribution in [3.63, 3.8) is 0 Å². The Hall–Kier alpha value is -3.14. The molecular weight excluding hydrogens is 570 g/mol. The third kappa shape index (κ3) is 4.99. The number of hydrogen-bond donors (Lipinski definition) is 1.